The molecule has 0 amide bonds. The molecule has 2 aromatic rings. The Hall–Kier alpha value is -1.03. The molecule has 10 heavy (non-hydrogen) atoms. The summed E-state index contributed by atoms with van der Waals surface area (Å²) in [5, 5.41) is 1.97. The first-order valence-corrected chi connectivity index (χ1v) is 3.84. The van der Waals surface area contributed by atoms with E-state index in [0.717, 1.165) is 16.5 Å². The van der Waals surface area contributed by atoms with Crippen LogP contribution in [0.4, 0.5) is 5.82 Å². The summed E-state index contributed by atoms with van der Waals surface area (Å²) in [7, 11) is 0. The molecule has 0 aliphatic heterocycles. The highest BCUT2D eigenvalue weighted by atomic mass is 32.1. The molecule has 52 valence electrons. The lowest BCUT2D eigenvalue weighted by molar-refractivity contribution is 1.24. The van der Waals surface area contributed by atoms with Crippen LogP contribution >= 0.6 is 11.3 Å². The second-order valence-electron chi connectivity index (χ2n) is 2.14. The zero-order chi connectivity index (χ0) is 7.14. The maximum Gasteiger partial charge on any atom is 0.195 e. The fourth-order valence-corrected chi connectivity index (χ4v) is 1.68. The van der Waals surface area contributed by atoms with Gasteiger partial charge in [-0.1, -0.05) is 0 Å². The molecule has 0 aromatic carbocycles. The summed E-state index contributed by atoms with van der Waals surface area (Å²) in [5.74, 6) is 0.747. The third-order valence-electron chi connectivity index (χ3n) is 1.48. The average Bonchev–Trinajstić information content (AvgIpc) is 2.41. The van der Waals surface area contributed by atoms with Gasteiger partial charge in [-0.2, -0.15) is 0 Å². The molecule has 0 saturated heterocycles. The number of anilines is 1. The van der Waals surface area contributed by atoms with Crippen molar-refractivity contribution in [2.75, 3.05) is 5.73 Å². The Morgan fingerprint density at radius 1 is 1.70 bits per heavy atom. The Labute approximate surface area is 62.1 Å². The summed E-state index contributed by atoms with van der Waals surface area (Å²) >= 11 is 1.59. The molecule has 4 heteroatoms. The Bertz CT molecular complexity index is 360. The molecule has 2 aromatic heterocycles. The number of nitrogens with two attached hydrogens (primary N) is 1. The Kier molecular flexibility index (Phi) is 0.990. The van der Waals surface area contributed by atoms with Gasteiger partial charge in [0.1, 0.15) is 5.82 Å². The number of nitrogen functional groups attached to an aromatic ring is 1. The van der Waals surface area contributed by atoms with Crippen molar-refractivity contribution in [3.05, 3.63) is 17.3 Å². The summed E-state index contributed by atoms with van der Waals surface area (Å²) in [6.07, 6.45) is 1.93. The van der Waals surface area contributed by atoms with Crippen LogP contribution in [0.25, 0.3) is 4.96 Å². The molecule has 0 atom stereocenters. The van der Waals surface area contributed by atoms with E-state index in [-0.39, 0.29) is 0 Å². The van der Waals surface area contributed by atoms with Gasteiger partial charge in [-0.3, -0.25) is 4.40 Å². The number of aryl methyl sites for hydroxylation is 1. The van der Waals surface area contributed by atoms with E-state index in [0.29, 0.717) is 0 Å². The smallest absolute Gasteiger partial charge is 0.195 e. The number of nitrogens with zero attached hydrogens (tertiary/aromatic N) is 2. The number of aromatic nitrogens is 2. The van der Waals surface area contributed by atoms with E-state index in [1.54, 1.807) is 11.3 Å². The molecular formula is C6H7N3S. The van der Waals surface area contributed by atoms with Gasteiger partial charge < -0.3 is 5.73 Å². The zero-order valence-electron chi connectivity index (χ0n) is 5.53. The number of imidazole rings is 1. The standard InChI is InChI=1S/C6H7N3S/c1-4-5(7)9-2-3-10-6(9)8-4/h2-3H,7H2,1H3. The van der Waals surface area contributed by atoms with Crippen molar-refractivity contribution >= 4 is 22.1 Å². The number of hydrogen-bond acceptors (Lipinski definition) is 3. The monoisotopic (exact) mass is 153 g/mol. The van der Waals surface area contributed by atoms with Crippen LogP contribution in [0.2, 0.25) is 0 Å². The zero-order valence-corrected chi connectivity index (χ0v) is 6.35. The Morgan fingerprint density at radius 3 is 3.20 bits per heavy atom. The van der Waals surface area contributed by atoms with Crippen LogP contribution in [0, 0.1) is 6.92 Å². The lowest BCUT2D eigenvalue weighted by Gasteiger charge is -1.86. The molecule has 0 bridgehead atoms. The third kappa shape index (κ3) is 0.565. The van der Waals surface area contributed by atoms with Crippen molar-refractivity contribution in [3.8, 4) is 0 Å². The van der Waals surface area contributed by atoms with E-state index in [1.807, 2.05) is 22.9 Å². The highest BCUT2D eigenvalue weighted by Crippen LogP contribution is 2.17. The number of fused-ring (bicyclic) bond motifs is 1. The number of hydrogen-bond donors (Lipinski definition) is 1. The minimum Gasteiger partial charge on any atom is -0.383 e. The lowest BCUT2D eigenvalue weighted by Crippen LogP contribution is -1.90. The largest absolute Gasteiger partial charge is 0.383 e. The summed E-state index contributed by atoms with van der Waals surface area (Å²) in [6, 6.07) is 0. The predicted molar refractivity (Wildman–Crippen MR) is 42.2 cm³/mol. The van der Waals surface area contributed by atoms with Gasteiger partial charge >= 0.3 is 0 Å². The Balaban J connectivity index is 2.95. The molecular weight excluding hydrogens is 146 g/mol. The normalized spacial score (nSPS) is 10.9. The molecule has 0 aliphatic rings. The van der Waals surface area contributed by atoms with Crippen LogP contribution in [0.1, 0.15) is 5.69 Å². The van der Waals surface area contributed by atoms with Crippen LogP contribution in [0.5, 0.6) is 0 Å². The van der Waals surface area contributed by atoms with Crippen LogP contribution in [-0.4, -0.2) is 9.38 Å². The molecule has 0 radical (unpaired) electrons. The molecule has 2 rings (SSSR count). The predicted octanol–water partition coefficient (Wildman–Crippen LogP) is 1.29. The van der Waals surface area contributed by atoms with Crippen molar-refractivity contribution in [1.29, 1.82) is 0 Å². The summed E-state index contributed by atoms with van der Waals surface area (Å²) in [6.45, 7) is 1.91. The first kappa shape index (κ1) is 5.73. The lowest BCUT2D eigenvalue weighted by atomic mass is 10.5. The first-order chi connectivity index (χ1) is 4.79. The van der Waals surface area contributed by atoms with E-state index < -0.39 is 0 Å². The van der Waals surface area contributed by atoms with Gasteiger partial charge in [-0.25, -0.2) is 4.98 Å². The van der Waals surface area contributed by atoms with Gasteiger partial charge in [0.15, 0.2) is 4.96 Å². The van der Waals surface area contributed by atoms with Crippen molar-refractivity contribution in [2.24, 2.45) is 0 Å². The second kappa shape index (κ2) is 1.73. The highest BCUT2D eigenvalue weighted by Gasteiger charge is 2.03. The average molecular weight is 153 g/mol. The maximum atomic E-state index is 5.69. The fraction of sp³-hybridized carbons (Fsp3) is 0.167. The van der Waals surface area contributed by atoms with E-state index in [1.165, 1.54) is 0 Å². The molecule has 0 fully saturated rings. The van der Waals surface area contributed by atoms with Gasteiger partial charge in [0, 0.05) is 11.6 Å². The molecule has 2 N–H and O–H groups in total. The SMILES string of the molecule is Cc1nc2sccn2c1N. The van der Waals surface area contributed by atoms with Gasteiger partial charge in [0.05, 0.1) is 5.69 Å². The summed E-state index contributed by atoms with van der Waals surface area (Å²) in [4.78, 5) is 5.20. The third-order valence-corrected chi connectivity index (χ3v) is 2.24. The van der Waals surface area contributed by atoms with Crippen molar-refractivity contribution in [1.82, 2.24) is 9.38 Å². The molecule has 0 aliphatic carbocycles. The van der Waals surface area contributed by atoms with E-state index in [4.69, 9.17) is 5.73 Å². The Morgan fingerprint density at radius 2 is 2.50 bits per heavy atom. The maximum absolute atomic E-state index is 5.69. The van der Waals surface area contributed by atoms with Crippen molar-refractivity contribution < 1.29 is 0 Å². The van der Waals surface area contributed by atoms with Crippen LogP contribution in [-0.2, 0) is 0 Å². The van der Waals surface area contributed by atoms with Crippen LogP contribution in [0.3, 0.4) is 0 Å². The quantitative estimate of drug-likeness (QED) is 0.619. The minimum absolute atomic E-state index is 0.747. The fourth-order valence-electron chi connectivity index (χ4n) is 0.911. The summed E-state index contributed by atoms with van der Waals surface area (Å²) in [5.41, 5.74) is 6.60. The number of thiazole rings is 1. The van der Waals surface area contributed by atoms with Gasteiger partial charge in [0.25, 0.3) is 0 Å². The van der Waals surface area contributed by atoms with E-state index in [2.05, 4.69) is 4.98 Å². The molecule has 2 heterocycles. The van der Waals surface area contributed by atoms with Gasteiger partial charge in [-0.15, -0.1) is 11.3 Å². The first-order valence-electron chi connectivity index (χ1n) is 2.96. The molecule has 0 spiro atoms. The minimum atomic E-state index is 0.747. The highest BCUT2D eigenvalue weighted by molar-refractivity contribution is 7.15. The van der Waals surface area contributed by atoms with Crippen molar-refractivity contribution in [2.45, 2.75) is 6.92 Å². The van der Waals surface area contributed by atoms with Gasteiger partial charge in [0.2, 0.25) is 0 Å². The molecule has 3 nitrogen and oxygen atoms in total. The second-order valence-corrected chi connectivity index (χ2v) is 3.01. The van der Waals surface area contributed by atoms with Crippen molar-refractivity contribution in [3.63, 3.8) is 0 Å². The molecule has 0 unspecified atom stereocenters. The van der Waals surface area contributed by atoms with Crippen LogP contribution in [0.15, 0.2) is 11.6 Å². The number of rotatable bonds is 0. The topological polar surface area (TPSA) is 43.3 Å². The van der Waals surface area contributed by atoms with E-state index in [9.17, 15) is 0 Å². The molecule has 0 saturated carbocycles. The van der Waals surface area contributed by atoms with Crippen LogP contribution < -0.4 is 5.73 Å². The van der Waals surface area contributed by atoms with Gasteiger partial charge in [-0.05, 0) is 6.92 Å². The van der Waals surface area contributed by atoms with E-state index >= 15 is 0 Å². The summed E-state index contributed by atoms with van der Waals surface area (Å²) < 4.78 is 1.89.